The molecule has 0 aliphatic carbocycles. The Bertz CT molecular complexity index is 453. The fourth-order valence-electron chi connectivity index (χ4n) is 2.08. The molecular weight excluding hydrogens is 254 g/mol. The highest BCUT2D eigenvalue weighted by molar-refractivity contribution is 6.32. The number of nitrogens with one attached hydrogen (secondary N) is 1. The summed E-state index contributed by atoms with van der Waals surface area (Å²) in [5.74, 6) is 1.06. The van der Waals surface area contributed by atoms with Gasteiger partial charge >= 0.3 is 0 Å². The number of halogens is 1. The van der Waals surface area contributed by atoms with Crippen LogP contribution in [0.4, 0.5) is 5.82 Å². The van der Waals surface area contributed by atoms with Gasteiger partial charge in [0.1, 0.15) is 16.8 Å². The fraction of sp³-hybridized carbons (Fsp3) is 0.583. The zero-order chi connectivity index (χ0) is 13.1. The van der Waals surface area contributed by atoms with E-state index in [0.717, 1.165) is 12.8 Å². The maximum Gasteiger partial charge on any atom is 0.156 e. The molecule has 2 unspecified atom stereocenters. The lowest BCUT2D eigenvalue weighted by Gasteiger charge is -2.28. The smallest absolute Gasteiger partial charge is 0.156 e. The van der Waals surface area contributed by atoms with E-state index in [1.165, 1.54) is 0 Å². The summed E-state index contributed by atoms with van der Waals surface area (Å²) in [4.78, 5) is 19.3. The Balaban J connectivity index is 2.19. The molecule has 1 aliphatic rings. The highest BCUT2D eigenvalue weighted by Gasteiger charge is 2.21. The van der Waals surface area contributed by atoms with Crippen molar-refractivity contribution in [2.75, 3.05) is 11.9 Å². The van der Waals surface area contributed by atoms with Gasteiger partial charge in [0, 0.05) is 12.6 Å². The van der Waals surface area contributed by atoms with Crippen LogP contribution in [0.3, 0.4) is 0 Å². The van der Waals surface area contributed by atoms with Crippen molar-refractivity contribution in [3.8, 4) is 0 Å². The van der Waals surface area contributed by atoms with Crippen LogP contribution in [0.25, 0.3) is 0 Å². The van der Waals surface area contributed by atoms with Gasteiger partial charge in [-0.2, -0.15) is 0 Å². The summed E-state index contributed by atoms with van der Waals surface area (Å²) in [6.07, 6.45) is 2.68. The van der Waals surface area contributed by atoms with Gasteiger partial charge in [-0.15, -0.1) is 0 Å². The van der Waals surface area contributed by atoms with Crippen LogP contribution in [0.15, 0.2) is 0 Å². The first-order chi connectivity index (χ1) is 8.60. The summed E-state index contributed by atoms with van der Waals surface area (Å²) >= 11 is 5.93. The summed E-state index contributed by atoms with van der Waals surface area (Å²) in [7, 11) is 0. The van der Waals surface area contributed by atoms with Crippen LogP contribution in [0, 0.1) is 6.92 Å². The zero-order valence-corrected chi connectivity index (χ0v) is 11.2. The Morgan fingerprint density at radius 1 is 1.50 bits per heavy atom. The Labute approximate surface area is 111 Å². The molecule has 2 atom stereocenters. The number of anilines is 1. The molecule has 6 heteroatoms. The molecule has 0 saturated carbocycles. The van der Waals surface area contributed by atoms with Crippen molar-refractivity contribution in [2.45, 2.75) is 38.8 Å². The Hall–Kier alpha value is -1.20. The van der Waals surface area contributed by atoms with Gasteiger partial charge in [0.15, 0.2) is 6.29 Å². The molecule has 1 saturated heterocycles. The van der Waals surface area contributed by atoms with E-state index in [9.17, 15) is 4.79 Å². The first kappa shape index (κ1) is 13.2. The minimum Gasteiger partial charge on any atom is -0.378 e. The lowest BCUT2D eigenvalue weighted by molar-refractivity contribution is 0.0231. The lowest BCUT2D eigenvalue weighted by atomic mass is 10.0. The third kappa shape index (κ3) is 2.97. The molecule has 1 aromatic heterocycles. The van der Waals surface area contributed by atoms with Gasteiger partial charge in [-0.05, 0) is 26.7 Å². The maximum absolute atomic E-state index is 11.0. The van der Waals surface area contributed by atoms with Crippen LogP contribution in [0.2, 0.25) is 5.15 Å². The van der Waals surface area contributed by atoms with E-state index in [0.29, 0.717) is 30.1 Å². The van der Waals surface area contributed by atoms with Crippen molar-refractivity contribution < 1.29 is 9.53 Å². The van der Waals surface area contributed by atoms with Gasteiger partial charge in [-0.3, -0.25) is 4.79 Å². The molecule has 0 spiro atoms. The standard InChI is InChI=1S/C12H16ClN3O2/c1-7-5-9(3-4-18-7)16-12-10(6-17)11(13)14-8(2)15-12/h6-7,9H,3-5H2,1-2H3,(H,14,15,16). The third-order valence-electron chi connectivity index (χ3n) is 2.95. The van der Waals surface area contributed by atoms with Gasteiger partial charge in [0.25, 0.3) is 0 Å². The molecule has 1 aromatic rings. The SMILES string of the molecule is Cc1nc(Cl)c(C=O)c(NC2CCOC(C)C2)n1. The third-order valence-corrected chi connectivity index (χ3v) is 3.24. The van der Waals surface area contributed by atoms with E-state index < -0.39 is 0 Å². The van der Waals surface area contributed by atoms with Crippen molar-refractivity contribution in [2.24, 2.45) is 0 Å². The first-order valence-electron chi connectivity index (χ1n) is 5.97. The second kappa shape index (κ2) is 5.63. The van der Waals surface area contributed by atoms with E-state index in [1.807, 2.05) is 6.92 Å². The lowest BCUT2D eigenvalue weighted by Crippen LogP contribution is -2.33. The average Bonchev–Trinajstić information content (AvgIpc) is 2.28. The number of carbonyl (C=O) groups excluding carboxylic acids is 1. The molecule has 0 amide bonds. The number of rotatable bonds is 3. The first-order valence-corrected chi connectivity index (χ1v) is 6.35. The van der Waals surface area contributed by atoms with Crippen LogP contribution in [-0.2, 0) is 4.74 Å². The predicted octanol–water partition coefficient (Wildman–Crippen LogP) is 2.23. The number of aryl methyl sites for hydroxylation is 1. The molecule has 0 radical (unpaired) electrons. The Morgan fingerprint density at radius 2 is 2.28 bits per heavy atom. The number of hydrogen-bond donors (Lipinski definition) is 1. The second-order valence-electron chi connectivity index (χ2n) is 4.49. The predicted molar refractivity (Wildman–Crippen MR) is 69.2 cm³/mol. The Morgan fingerprint density at radius 3 is 2.94 bits per heavy atom. The summed E-state index contributed by atoms with van der Waals surface area (Å²) in [6.45, 7) is 4.50. The van der Waals surface area contributed by atoms with Gasteiger partial charge in [0.2, 0.25) is 0 Å². The van der Waals surface area contributed by atoms with Crippen molar-refractivity contribution in [3.63, 3.8) is 0 Å². The molecule has 1 aliphatic heterocycles. The number of nitrogens with zero attached hydrogens (tertiary/aromatic N) is 2. The molecule has 1 N–H and O–H groups in total. The van der Waals surface area contributed by atoms with Crippen molar-refractivity contribution >= 4 is 23.7 Å². The highest BCUT2D eigenvalue weighted by Crippen LogP contribution is 2.23. The van der Waals surface area contributed by atoms with Crippen LogP contribution in [-0.4, -0.2) is 35.0 Å². The van der Waals surface area contributed by atoms with E-state index in [2.05, 4.69) is 15.3 Å². The van der Waals surface area contributed by atoms with Gasteiger partial charge in [0.05, 0.1) is 11.7 Å². The van der Waals surface area contributed by atoms with Crippen LogP contribution >= 0.6 is 11.6 Å². The fourth-order valence-corrected chi connectivity index (χ4v) is 2.34. The summed E-state index contributed by atoms with van der Waals surface area (Å²) in [6, 6.07) is 0.248. The zero-order valence-electron chi connectivity index (χ0n) is 10.4. The van der Waals surface area contributed by atoms with Gasteiger partial charge in [-0.1, -0.05) is 11.6 Å². The van der Waals surface area contributed by atoms with E-state index >= 15 is 0 Å². The van der Waals surface area contributed by atoms with Crippen molar-refractivity contribution in [1.82, 2.24) is 9.97 Å². The van der Waals surface area contributed by atoms with E-state index in [-0.39, 0.29) is 17.3 Å². The monoisotopic (exact) mass is 269 g/mol. The largest absolute Gasteiger partial charge is 0.378 e. The summed E-state index contributed by atoms with van der Waals surface area (Å²) in [5.41, 5.74) is 0.321. The summed E-state index contributed by atoms with van der Waals surface area (Å²) < 4.78 is 5.48. The molecule has 98 valence electrons. The number of aldehydes is 1. The normalized spacial score (nSPS) is 23.7. The molecule has 5 nitrogen and oxygen atoms in total. The van der Waals surface area contributed by atoms with Crippen molar-refractivity contribution in [3.05, 3.63) is 16.5 Å². The van der Waals surface area contributed by atoms with E-state index in [1.54, 1.807) is 6.92 Å². The number of carbonyl (C=O) groups is 1. The molecule has 18 heavy (non-hydrogen) atoms. The maximum atomic E-state index is 11.0. The van der Waals surface area contributed by atoms with Crippen LogP contribution in [0.1, 0.15) is 35.9 Å². The van der Waals surface area contributed by atoms with Crippen LogP contribution in [0.5, 0.6) is 0 Å². The minimum absolute atomic E-state index is 0.195. The number of aromatic nitrogens is 2. The molecular formula is C12H16ClN3O2. The number of ether oxygens (including phenoxy) is 1. The minimum atomic E-state index is 0.195. The van der Waals surface area contributed by atoms with Crippen molar-refractivity contribution in [1.29, 1.82) is 0 Å². The second-order valence-corrected chi connectivity index (χ2v) is 4.85. The quantitative estimate of drug-likeness (QED) is 0.673. The highest BCUT2D eigenvalue weighted by atomic mass is 35.5. The van der Waals surface area contributed by atoms with Gasteiger partial charge in [-0.25, -0.2) is 9.97 Å². The Kier molecular flexibility index (Phi) is 4.14. The molecule has 0 aromatic carbocycles. The molecule has 1 fully saturated rings. The van der Waals surface area contributed by atoms with E-state index in [4.69, 9.17) is 16.3 Å². The molecule has 2 rings (SSSR count). The molecule has 0 bridgehead atoms. The van der Waals surface area contributed by atoms with Gasteiger partial charge < -0.3 is 10.1 Å². The molecule has 2 heterocycles. The summed E-state index contributed by atoms with van der Waals surface area (Å²) in [5, 5.41) is 3.46. The number of hydrogen-bond acceptors (Lipinski definition) is 5. The average molecular weight is 270 g/mol. The topological polar surface area (TPSA) is 64.1 Å². The van der Waals surface area contributed by atoms with Crippen LogP contribution < -0.4 is 5.32 Å².